The molecule has 5 aliphatic heterocycles. The van der Waals surface area contributed by atoms with Crippen LogP contribution in [0.2, 0.25) is 0 Å². The number of rotatable bonds is 14. The fourth-order valence-electron chi connectivity index (χ4n) is 16.5. The molecular weight excluding hydrogens is 961 g/mol. The van der Waals surface area contributed by atoms with E-state index in [0.29, 0.717) is 25.4 Å². The molecule has 5 saturated heterocycles. The van der Waals surface area contributed by atoms with Gasteiger partial charge < -0.3 is 93.7 Å². The molecule has 2 spiro atoms. The number of carboxylic acid groups (broad SMARTS) is 1. The summed E-state index contributed by atoms with van der Waals surface area (Å²) >= 11 is 0. The summed E-state index contributed by atoms with van der Waals surface area (Å²) in [6.45, 7) is 15.3. The highest BCUT2D eigenvalue weighted by Crippen LogP contribution is 2.80. The SMILES string of the molecule is CC(C)=CC1CC(C)(O)C2C3CCC4[C@@]5(C)CC[C@H](O[C@@H]6OC[C@H](O)[C@H](OC7O[C@H](COC(=O)CC(C)(O)CC(=O)O)[C@@H](O)[C@H](O)[C@H]7O)[C@H]6O[C@@H]6O[C@@H](CO)[C@H](O)[C@H]6O)C(C)(C)C5CC[C@@]4(C)[C@@]34CO[C@@]2(C4)O1. The predicted octanol–water partition coefficient (Wildman–Crippen LogP) is 0.773. The number of allylic oxidation sites excluding steroid dienone is 1. The maximum atomic E-state index is 12.6. The molecule has 416 valence electrons. The van der Waals surface area contributed by atoms with E-state index in [1.807, 2.05) is 20.8 Å². The second kappa shape index (κ2) is 19.7. The van der Waals surface area contributed by atoms with Crippen LogP contribution in [-0.2, 0) is 52.2 Å². The molecule has 9 fully saturated rings. The number of ether oxygens (including phenoxy) is 9. The van der Waals surface area contributed by atoms with Gasteiger partial charge >= 0.3 is 11.9 Å². The molecule has 2 bridgehead atoms. The highest BCUT2D eigenvalue weighted by atomic mass is 16.8. The van der Waals surface area contributed by atoms with Crippen LogP contribution >= 0.6 is 0 Å². The van der Waals surface area contributed by atoms with Crippen molar-refractivity contribution in [2.75, 3.05) is 26.4 Å². The van der Waals surface area contributed by atoms with E-state index in [-0.39, 0.29) is 46.7 Å². The number of carboxylic acids is 1. The number of hydrogen-bond acceptors (Lipinski definition) is 20. The zero-order valence-corrected chi connectivity index (χ0v) is 43.4. The van der Waals surface area contributed by atoms with Gasteiger partial charge in [0.05, 0.1) is 56.1 Å². The van der Waals surface area contributed by atoms with Crippen molar-refractivity contribution < 1.29 is 103 Å². The quantitative estimate of drug-likeness (QED) is 0.0653. The lowest BCUT2D eigenvalue weighted by atomic mass is 9.35. The Hall–Kier alpha value is -2.00. The van der Waals surface area contributed by atoms with Gasteiger partial charge in [0.2, 0.25) is 0 Å². The number of hydrogen-bond donors (Lipinski definition) is 10. The summed E-state index contributed by atoms with van der Waals surface area (Å²) in [7, 11) is 0. The molecule has 0 aromatic carbocycles. The number of fused-ring (bicyclic) bond motifs is 4. The number of carbonyl (C=O) groups is 2. The highest BCUT2D eigenvalue weighted by molar-refractivity contribution is 5.73. The van der Waals surface area contributed by atoms with Crippen molar-refractivity contribution in [3.8, 4) is 0 Å². The van der Waals surface area contributed by atoms with E-state index < -0.39 is 146 Å². The van der Waals surface area contributed by atoms with Gasteiger partial charge in [-0.2, -0.15) is 0 Å². The number of aliphatic hydroxyl groups is 9. The van der Waals surface area contributed by atoms with Crippen LogP contribution in [0.5, 0.6) is 0 Å². The zero-order valence-electron chi connectivity index (χ0n) is 43.4. The third-order valence-corrected chi connectivity index (χ3v) is 19.7. The second-order valence-electron chi connectivity index (χ2n) is 25.2. The van der Waals surface area contributed by atoms with Gasteiger partial charge in [-0.05, 0) is 100 Å². The van der Waals surface area contributed by atoms with Gasteiger partial charge in [0.25, 0.3) is 0 Å². The molecule has 8 unspecified atom stereocenters. The van der Waals surface area contributed by atoms with E-state index in [2.05, 4.69) is 33.8 Å². The average Bonchev–Trinajstić information content (AvgIpc) is 3.90. The van der Waals surface area contributed by atoms with Gasteiger partial charge in [-0.25, -0.2) is 0 Å². The van der Waals surface area contributed by atoms with Crippen LogP contribution in [0.15, 0.2) is 11.6 Å². The lowest BCUT2D eigenvalue weighted by molar-refractivity contribution is -0.375. The molecule has 5 heterocycles. The fraction of sp³-hybridized carbons (Fsp3) is 0.923. The topological polar surface area (TPSA) is 320 Å². The van der Waals surface area contributed by atoms with Gasteiger partial charge in [0.15, 0.2) is 24.7 Å². The highest BCUT2D eigenvalue weighted by Gasteiger charge is 2.81. The summed E-state index contributed by atoms with van der Waals surface area (Å²) in [5.74, 6) is -2.64. The first-order valence-electron chi connectivity index (χ1n) is 26.4. The molecule has 0 aromatic heterocycles. The molecule has 4 aliphatic carbocycles. The maximum Gasteiger partial charge on any atom is 0.308 e. The molecule has 25 atom stereocenters. The summed E-state index contributed by atoms with van der Waals surface area (Å²) in [5.41, 5.74) is -2.69. The third kappa shape index (κ3) is 9.46. The molecule has 10 N–H and O–H groups in total. The number of carbonyl (C=O) groups excluding carboxylic acids is 1. The van der Waals surface area contributed by atoms with Crippen LogP contribution in [0.25, 0.3) is 0 Å². The Morgan fingerprint density at radius 2 is 1.44 bits per heavy atom. The summed E-state index contributed by atoms with van der Waals surface area (Å²) in [6, 6.07) is 0. The monoisotopic (exact) mass is 1040 g/mol. The molecular formula is C52H82O21. The van der Waals surface area contributed by atoms with Crippen molar-refractivity contribution in [1.82, 2.24) is 0 Å². The molecule has 0 amide bonds. The minimum absolute atomic E-state index is 0.110. The lowest BCUT2D eigenvalue weighted by Crippen LogP contribution is -2.67. The van der Waals surface area contributed by atoms with E-state index >= 15 is 0 Å². The van der Waals surface area contributed by atoms with E-state index in [9.17, 15) is 55.5 Å². The van der Waals surface area contributed by atoms with Crippen molar-refractivity contribution >= 4 is 11.9 Å². The van der Waals surface area contributed by atoms with E-state index in [4.69, 9.17) is 47.7 Å². The van der Waals surface area contributed by atoms with Crippen molar-refractivity contribution in [3.63, 3.8) is 0 Å². The van der Waals surface area contributed by atoms with E-state index in [1.54, 1.807) is 0 Å². The van der Waals surface area contributed by atoms with Gasteiger partial charge in [-0.1, -0.05) is 39.3 Å². The summed E-state index contributed by atoms with van der Waals surface area (Å²) in [5, 5.41) is 108. The maximum absolute atomic E-state index is 12.6. The standard InChI is InChI=1S/C52H82O21/c1-24(2)15-25-16-50(8,64)42-26-9-10-31-48(6)13-12-32(46(3,4)30(48)11-14-49(31,7)51(26)22-52(42,73-25)67-23-51)70-45-41(72-43-38(61)35(58)28(19-53)68-43)40(27(54)20-66-45)71-44-39(62)37(60)36(59)29(69-44)21-65-34(57)18-47(5,63)17-33(55)56/h15,25-32,35-45,53-54,58-64H,9-14,16-23H2,1-8H3,(H,55,56)/t25?,26?,27-,28-,29+,30?,31?,32-,35-,36+,37-,38+,39+,40-,41+,42?,43-,44?,45-,47?,48-,49+,50?,51-,52-/m0/s1. The zero-order chi connectivity index (χ0) is 53.2. The normalized spacial score (nSPS) is 51.7. The van der Waals surface area contributed by atoms with Crippen LogP contribution in [0, 0.1) is 45.3 Å². The van der Waals surface area contributed by atoms with Crippen LogP contribution in [0.1, 0.15) is 120 Å². The van der Waals surface area contributed by atoms with Crippen LogP contribution < -0.4 is 0 Å². The Balaban J connectivity index is 0.939. The molecule has 0 radical (unpaired) electrons. The average molecular weight is 1040 g/mol. The Labute approximate surface area is 426 Å². The minimum Gasteiger partial charge on any atom is -0.481 e. The largest absolute Gasteiger partial charge is 0.481 e. The Kier molecular flexibility index (Phi) is 15.1. The lowest BCUT2D eigenvalue weighted by Gasteiger charge is -2.70. The van der Waals surface area contributed by atoms with Crippen molar-refractivity contribution in [2.24, 2.45) is 45.3 Å². The Morgan fingerprint density at radius 1 is 0.781 bits per heavy atom. The number of esters is 1. The summed E-state index contributed by atoms with van der Waals surface area (Å²) in [6.07, 6.45) is -14.7. The van der Waals surface area contributed by atoms with Crippen molar-refractivity contribution in [3.05, 3.63) is 11.6 Å². The van der Waals surface area contributed by atoms with Crippen LogP contribution in [0.4, 0.5) is 0 Å². The molecule has 21 nitrogen and oxygen atoms in total. The molecule has 9 aliphatic rings. The third-order valence-electron chi connectivity index (χ3n) is 19.7. The molecule has 9 rings (SSSR count). The van der Waals surface area contributed by atoms with E-state index in [0.717, 1.165) is 51.0 Å². The van der Waals surface area contributed by atoms with E-state index in [1.165, 1.54) is 0 Å². The molecule has 73 heavy (non-hydrogen) atoms. The Morgan fingerprint density at radius 3 is 2.10 bits per heavy atom. The minimum atomic E-state index is -1.96. The predicted molar refractivity (Wildman–Crippen MR) is 250 cm³/mol. The second-order valence-corrected chi connectivity index (χ2v) is 25.2. The van der Waals surface area contributed by atoms with Gasteiger partial charge in [-0.3, -0.25) is 9.59 Å². The number of aliphatic carboxylic acids is 1. The first kappa shape index (κ1) is 55.7. The fourth-order valence-corrected chi connectivity index (χ4v) is 16.5. The number of aliphatic hydroxyl groups excluding tert-OH is 7. The van der Waals surface area contributed by atoms with Crippen LogP contribution in [0.3, 0.4) is 0 Å². The summed E-state index contributed by atoms with van der Waals surface area (Å²) in [4.78, 5) is 23.8. The van der Waals surface area contributed by atoms with Crippen LogP contribution in [-0.4, -0.2) is 199 Å². The Bertz CT molecular complexity index is 2060. The molecule has 4 saturated carbocycles. The first-order valence-corrected chi connectivity index (χ1v) is 26.4. The van der Waals surface area contributed by atoms with Crippen molar-refractivity contribution in [2.45, 2.75) is 229 Å². The summed E-state index contributed by atoms with van der Waals surface area (Å²) < 4.78 is 56.3. The van der Waals surface area contributed by atoms with Gasteiger partial charge in [0, 0.05) is 24.2 Å². The first-order chi connectivity index (χ1) is 34.0. The van der Waals surface area contributed by atoms with Gasteiger partial charge in [-0.15, -0.1) is 0 Å². The molecule has 0 aromatic rings. The molecule has 21 heteroatoms. The smallest absolute Gasteiger partial charge is 0.308 e. The van der Waals surface area contributed by atoms with Crippen molar-refractivity contribution in [1.29, 1.82) is 0 Å². The van der Waals surface area contributed by atoms with Gasteiger partial charge in [0.1, 0.15) is 67.6 Å².